The van der Waals surface area contributed by atoms with Gasteiger partial charge in [0, 0.05) is 0 Å². The second kappa shape index (κ2) is 4.09. The zero-order valence-corrected chi connectivity index (χ0v) is 10.3. The first-order chi connectivity index (χ1) is 8.58. The van der Waals surface area contributed by atoms with Crippen molar-refractivity contribution in [3.63, 3.8) is 0 Å². The van der Waals surface area contributed by atoms with Gasteiger partial charge < -0.3 is 10.2 Å². The lowest BCUT2D eigenvalue weighted by Gasteiger charge is -2.17. The summed E-state index contributed by atoms with van der Waals surface area (Å²) in [4.78, 5) is 11.0. The van der Waals surface area contributed by atoms with Gasteiger partial charge in [0.25, 0.3) is 0 Å². The smallest absolute Gasteiger partial charge is 0.303 e. The van der Waals surface area contributed by atoms with Gasteiger partial charge in [0.05, 0.1) is 12.0 Å². The van der Waals surface area contributed by atoms with Crippen molar-refractivity contribution >= 4 is 5.97 Å². The van der Waals surface area contributed by atoms with Gasteiger partial charge in [-0.2, -0.15) is 0 Å². The maximum Gasteiger partial charge on any atom is 0.303 e. The number of carboxylic acids is 1. The Bertz CT molecular complexity index is 472. The van der Waals surface area contributed by atoms with Gasteiger partial charge in [-0.05, 0) is 48.6 Å². The average molecular weight is 246 g/mol. The Morgan fingerprint density at radius 3 is 2.67 bits per heavy atom. The number of rotatable bonds is 5. The van der Waals surface area contributed by atoms with Crippen LogP contribution < -0.4 is 0 Å². The van der Waals surface area contributed by atoms with Crippen LogP contribution in [0.2, 0.25) is 0 Å². The second-order valence-electron chi connectivity index (χ2n) is 5.70. The SMILES string of the molecule is O=C(O)CC(c1cccc(C2(O)CC2)c1)C1CC1. The normalized spacial score (nSPS) is 22.5. The molecule has 0 radical (unpaired) electrons. The zero-order chi connectivity index (χ0) is 12.8. The quantitative estimate of drug-likeness (QED) is 0.839. The molecule has 0 aliphatic heterocycles. The van der Waals surface area contributed by atoms with E-state index in [9.17, 15) is 9.90 Å². The lowest BCUT2D eigenvalue weighted by Crippen LogP contribution is -2.10. The summed E-state index contributed by atoms with van der Waals surface area (Å²) in [6.07, 6.45) is 4.11. The standard InChI is InChI=1S/C15H18O3/c16-14(17)9-13(10-4-5-10)11-2-1-3-12(8-11)15(18)6-7-15/h1-3,8,10,13,18H,4-7,9H2,(H,16,17). The van der Waals surface area contributed by atoms with Crippen LogP contribution >= 0.6 is 0 Å². The van der Waals surface area contributed by atoms with Gasteiger partial charge in [-0.15, -0.1) is 0 Å². The molecule has 0 saturated heterocycles. The third-order valence-electron chi connectivity index (χ3n) is 4.16. The Morgan fingerprint density at radius 2 is 2.11 bits per heavy atom. The van der Waals surface area contributed by atoms with Crippen LogP contribution in [0.4, 0.5) is 0 Å². The van der Waals surface area contributed by atoms with Crippen molar-refractivity contribution in [1.82, 2.24) is 0 Å². The maximum atomic E-state index is 11.0. The van der Waals surface area contributed by atoms with Crippen LogP contribution in [0.15, 0.2) is 24.3 Å². The highest BCUT2D eigenvalue weighted by Gasteiger charge is 2.42. The van der Waals surface area contributed by atoms with Gasteiger partial charge >= 0.3 is 5.97 Å². The fraction of sp³-hybridized carbons (Fsp3) is 0.533. The van der Waals surface area contributed by atoms with E-state index in [1.807, 2.05) is 24.3 Å². The number of carboxylic acid groups (broad SMARTS) is 1. The molecule has 96 valence electrons. The third-order valence-corrected chi connectivity index (χ3v) is 4.16. The van der Waals surface area contributed by atoms with Crippen molar-refractivity contribution in [3.8, 4) is 0 Å². The van der Waals surface area contributed by atoms with Gasteiger partial charge in [-0.1, -0.05) is 24.3 Å². The molecule has 2 saturated carbocycles. The molecule has 3 nitrogen and oxygen atoms in total. The average Bonchev–Trinajstić information content (AvgIpc) is 3.22. The Labute approximate surface area is 106 Å². The van der Waals surface area contributed by atoms with Crippen molar-refractivity contribution in [2.45, 2.75) is 43.6 Å². The molecule has 0 aromatic heterocycles. The summed E-state index contributed by atoms with van der Waals surface area (Å²) in [6, 6.07) is 7.90. The Hall–Kier alpha value is -1.35. The maximum absolute atomic E-state index is 11.0. The Kier molecular flexibility index (Phi) is 2.67. The van der Waals surface area contributed by atoms with Gasteiger partial charge in [0.1, 0.15) is 0 Å². The Morgan fingerprint density at radius 1 is 1.39 bits per heavy atom. The van der Waals surface area contributed by atoms with E-state index in [2.05, 4.69) is 0 Å². The molecule has 0 heterocycles. The predicted molar refractivity (Wildman–Crippen MR) is 67.3 cm³/mol. The van der Waals surface area contributed by atoms with E-state index >= 15 is 0 Å². The number of benzene rings is 1. The van der Waals surface area contributed by atoms with Crippen molar-refractivity contribution in [3.05, 3.63) is 35.4 Å². The fourth-order valence-corrected chi connectivity index (χ4v) is 2.71. The van der Waals surface area contributed by atoms with E-state index in [4.69, 9.17) is 5.11 Å². The summed E-state index contributed by atoms with van der Waals surface area (Å²) in [5.41, 5.74) is 1.40. The highest BCUT2D eigenvalue weighted by Crippen LogP contribution is 2.48. The largest absolute Gasteiger partial charge is 0.481 e. The summed E-state index contributed by atoms with van der Waals surface area (Å²) >= 11 is 0. The molecule has 0 amide bonds. The lowest BCUT2D eigenvalue weighted by molar-refractivity contribution is -0.137. The molecule has 1 unspecified atom stereocenters. The number of carbonyl (C=O) groups is 1. The summed E-state index contributed by atoms with van der Waals surface area (Å²) in [7, 11) is 0. The van der Waals surface area contributed by atoms with Crippen LogP contribution in [0.1, 0.15) is 49.1 Å². The minimum atomic E-state index is -0.734. The molecule has 2 aliphatic rings. The van der Waals surface area contributed by atoms with Gasteiger partial charge in [0.15, 0.2) is 0 Å². The molecule has 1 aromatic carbocycles. The molecule has 0 bridgehead atoms. The summed E-state index contributed by atoms with van der Waals surface area (Å²) in [5, 5.41) is 19.1. The van der Waals surface area contributed by atoms with Crippen LogP contribution in [0.25, 0.3) is 0 Å². The molecule has 1 aromatic rings. The van der Waals surface area contributed by atoms with Crippen molar-refractivity contribution in [1.29, 1.82) is 0 Å². The first-order valence-corrected chi connectivity index (χ1v) is 6.63. The van der Waals surface area contributed by atoms with Gasteiger partial charge in [-0.3, -0.25) is 4.79 Å². The Balaban J connectivity index is 1.87. The number of hydrogen-bond donors (Lipinski definition) is 2. The van der Waals surface area contributed by atoms with Crippen molar-refractivity contribution in [2.75, 3.05) is 0 Å². The van der Waals surface area contributed by atoms with Crippen LogP contribution in [-0.4, -0.2) is 16.2 Å². The molecular formula is C15H18O3. The summed E-state index contributed by atoms with van der Waals surface area (Å²) in [5.74, 6) is -0.0996. The van der Waals surface area contributed by atoms with E-state index < -0.39 is 11.6 Å². The van der Waals surface area contributed by atoms with E-state index in [0.29, 0.717) is 5.92 Å². The molecule has 2 fully saturated rings. The van der Waals surface area contributed by atoms with E-state index in [0.717, 1.165) is 36.8 Å². The van der Waals surface area contributed by atoms with E-state index in [-0.39, 0.29) is 12.3 Å². The highest BCUT2D eigenvalue weighted by atomic mass is 16.4. The molecule has 1 atom stereocenters. The summed E-state index contributed by atoms with van der Waals surface area (Å²) in [6.45, 7) is 0. The lowest BCUT2D eigenvalue weighted by atomic mass is 9.89. The predicted octanol–water partition coefficient (Wildman–Crippen LogP) is 2.64. The summed E-state index contributed by atoms with van der Waals surface area (Å²) < 4.78 is 0. The van der Waals surface area contributed by atoms with E-state index in [1.165, 1.54) is 0 Å². The van der Waals surface area contributed by atoms with Crippen molar-refractivity contribution in [2.24, 2.45) is 5.92 Å². The fourth-order valence-electron chi connectivity index (χ4n) is 2.71. The molecule has 3 rings (SSSR count). The highest BCUT2D eigenvalue weighted by molar-refractivity contribution is 5.68. The van der Waals surface area contributed by atoms with Crippen LogP contribution in [0, 0.1) is 5.92 Å². The van der Waals surface area contributed by atoms with Crippen LogP contribution in [0.5, 0.6) is 0 Å². The monoisotopic (exact) mass is 246 g/mol. The van der Waals surface area contributed by atoms with Gasteiger partial charge in [-0.25, -0.2) is 0 Å². The number of aliphatic hydroxyl groups is 1. The zero-order valence-electron chi connectivity index (χ0n) is 10.3. The van der Waals surface area contributed by atoms with Crippen LogP contribution in [-0.2, 0) is 10.4 Å². The minimum absolute atomic E-state index is 0.116. The molecule has 18 heavy (non-hydrogen) atoms. The molecule has 3 heteroatoms. The molecule has 2 N–H and O–H groups in total. The van der Waals surface area contributed by atoms with E-state index in [1.54, 1.807) is 0 Å². The molecule has 0 spiro atoms. The third kappa shape index (κ3) is 2.27. The second-order valence-corrected chi connectivity index (χ2v) is 5.70. The minimum Gasteiger partial charge on any atom is -0.481 e. The first-order valence-electron chi connectivity index (χ1n) is 6.63. The number of aliphatic carboxylic acids is 1. The number of hydrogen-bond acceptors (Lipinski definition) is 2. The van der Waals surface area contributed by atoms with Crippen LogP contribution in [0.3, 0.4) is 0 Å². The topological polar surface area (TPSA) is 57.5 Å². The molecule has 2 aliphatic carbocycles. The van der Waals surface area contributed by atoms with Gasteiger partial charge in [0.2, 0.25) is 0 Å². The van der Waals surface area contributed by atoms with Crippen molar-refractivity contribution < 1.29 is 15.0 Å². The first kappa shape index (κ1) is 11.7. The molecular weight excluding hydrogens is 228 g/mol.